The van der Waals surface area contributed by atoms with E-state index in [1.807, 2.05) is 0 Å². The lowest BCUT2D eigenvalue weighted by atomic mass is 9.92. The summed E-state index contributed by atoms with van der Waals surface area (Å²) in [6, 6.07) is 2.68. The topological polar surface area (TPSA) is 115 Å². The SMILES string of the molecule is O=C(O)c1ccc(CCO)c(C(=O)O)c1CCO. The molecule has 1 aromatic carbocycles. The van der Waals surface area contributed by atoms with Crippen LogP contribution in [0.4, 0.5) is 0 Å². The minimum Gasteiger partial charge on any atom is -0.478 e. The highest BCUT2D eigenvalue weighted by atomic mass is 16.4. The van der Waals surface area contributed by atoms with Crippen molar-refractivity contribution >= 4 is 11.9 Å². The first-order valence-corrected chi connectivity index (χ1v) is 5.36. The van der Waals surface area contributed by atoms with Gasteiger partial charge in [-0.15, -0.1) is 0 Å². The zero-order valence-electron chi connectivity index (χ0n) is 9.59. The van der Waals surface area contributed by atoms with Crippen molar-refractivity contribution < 1.29 is 30.0 Å². The molecule has 0 atom stereocenters. The highest BCUT2D eigenvalue weighted by Crippen LogP contribution is 2.21. The third kappa shape index (κ3) is 2.85. The Bertz CT molecular complexity index is 466. The second kappa shape index (κ2) is 6.13. The molecule has 18 heavy (non-hydrogen) atoms. The van der Waals surface area contributed by atoms with Crippen molar-refractivity contribution in [1.29, 1.82) is 0 Å². The molecule has 0 spiro atoms. The van der Waals surface area contributed by atoms with E-state index in [4.69, 9.17) is 20.4 Å². The average molecular weight is 254 g/mol. The summed E-state index contributed by atoms with van der Waals surface area (Å²) in [7, 11) is 0. The summed E-state index contributed by atoms with van der Waals surface area (Å²) in [4.78, 5) is 22.2. The van der Waals surface area contributed by atoms with Gasteiger partial charge in [0.15, 0.2) is 0 Å². The molecule has 6 heteroatoms. The molecule has 0 radical (unpaired) electrons. The summed E-state index contributed by atoms with van der Waals surface area (Å²) in [5.74, 6) is -2.50. The Kier molecular flexibility index (Phi) is 4.82. The number of carbonyl (C=O) groups is 2. The molecule has 0 aliphatic heterocycles. The van der Waals surface area contributed by atoms with Crippen LogP contribution < -0.4 is 0 Å². The van der Waals surface area contributed by atoms with E-state index in [1.165, 1.54) is 12.1 Å². The van der Waals surface area contributed by atoms with Crippen molar-refractivity contribution in [3.8, 4) is 0 Å². The van der Waals surface area contributed by atoms with Gasteiger partial charge in [0.1, 0.15) is 0 Å². The van der Waals surface area contributed by atoms with E-state index in [1.54, 1.807) is 0 Å². The van der Waals surface area contributed by atoms with Gasteiger partial charge >= 0.3 is 11.9 Å². The van der Waals surface area contributed by atoms with Crippen molar-refractivity contribution in [3.63, 3.8) is 0 Å². The van der Waals surface area contributed by atoms with Gasteiger partial charge in [-0.25, -0.2) is 9.59 Å². The van der Waals surface area contributed by atoms with Crippen LogP contribution in [0.15, 0.2) is 12.1 Å². The number of hydrogen-bond donors (Lipinski definition) is 4. The quantitative estimate of drug-likeness (QED) is 0.574. The van der Waals surface area contributed by atoms with Gasteiger partial charge in [0, 0.05) is 13.2 Å². The minimum atomic E-state index is -1.26. The fraction of sp³-hybridized carbons (Fsp3) is 0.333. The number of hydrogen-bond acceptors (Lipinski definition) is 4. The molecule has 0 aliphatic rings. The molecular weight excluding hydrogens is 240 g/mol. The number of aliphatic hydroxyl groups excluding tert-OH is 2. The van der Waals surface area contributed by atoms with E-state index in [0.717, 1.165) is 0 Å². The fourth-order valence-electron chi connectivity index (χ4n) is 1.86. The molecule has 0 saturated heterocycles. The lowest BCUT2D eigenvalue weighted by molar-refractivity contribution is 0.0694. The Morgan fingerprint density at radius 3 is 2.00 bits per heavy atom. The molecule has 0 saturated carbocycles. The Labute approximate surface area is 103 Å². The second-order valence-corrected chi connectivity index (χ2v) is 3.68. The number of aliphatic hydroxyl groups is 2. The van der Waals surface area contributed by atoms with E-state index in [-0.39, 0.29) is 42.7 Å². The van der Waals surface area contributed by atoms with Gasteiger partial charge < -0.3 is 20.4 Å². The maximum Gasteiger partial charge on any atom is 0.336 e. The van der Waals surface area contributed by atoms with Crippen molar-refractivity contribution in [2.75, 3.05) is 13.2 Å². The standard InChI is InChI=1S/C12H14O6/c13-5-3-7-1-2-9(11(15)16)8(4-6-14)10(7)12(17)18/h1-2,13-14H,3-6H2,(H,15,16)(H,17,18). The highest BCUT2D eigenvalue weighted by Gasteiger charge is 2.21. The third-order valence-electron chi connectivity index (χ3n) is 2.59. The molecule has 0 aromatic heterocycles. The molecule has 4 N–H and O–H groups in total. The van der Waals surface area contributed by atoms with Crippen LogP contribution in [0.25, 0.3) is 0 Å². The average Bonchev–Trinajstić information content (AvgIpc) is 2.29. The van der Waals surface area contributed by atoms with Crippen LogP contribution in [-0.4, -0.2) is 45.6 Å². The summed E-state index contributed by atoms with van der Waals surface area (Å²) in [5.41, 5.74) is 0.169. The summed E-state index contributed by atoms with van der Waals surface area (Å²) in [5, 5.41) is 35.9. The molecule has 0 aliphatic carbocycles. The number of rotatable bonds is 6. The van der Waals surface area contributed by atoms with Gasteiger partial charge in [-0.05, 0) is 30.0 Å². The second-order valence-electron chi connectivity index (χ2n) is 3.68. The number of benzene rings is 1. The van der Waals surface area contributed by atoms with Crippen molar-refractivity contribution in [1.82, 2.24) is 0 Å². The Morgan fingerprint density at radius 1 is 0.944 bits per heavy atom. The van der Waals surface area contributed by atoms with Crippen LogP contribution in [0.1, 0.15) is 31.8 Å². The monoisotopic (exact) mass is 254 g/mol. The van der Waals surface area contributed by atoms with Crippen LogP contribution in [0.5, 0.6) is 0 Å². The van der Waals surface area contributed by atoms with E-state index < -0.39 is 11.9 Å². The molecule has 0 unspecified atom stereocenters. The van der Waals surface area contributed by atoms with Crippen molar-refractivity contribution in [2.45, 2.75) is 12.8 Å². The van der Waals surface area contributed by atoms with Crippen LogP contribution in [0, 0.1) is 0 Å². The molecule has 6 nitrogen and oxygen atoms in total. The van der Waals surface area contributed by atoms with Gasteiger partial charge in [0.2, 0.25) is 0 Å². The summed E-state index contributed by atoms with van der Waals surface area (Å²) in [6.45, 7) is -0.575. The molecule has 0 heterocycles. The molecule has 98 valence electrons. The Morgan fingerprint density at radius 2 is 1.56 bits per heavy atom. The van der Waals surface area contributed by atoms with Gasteiger partial charge in [-0.2, -0.15) is 0 Å². The lowest BCUT2D eigenvalue weighted by Crippen LogP contribution is -2.15. The number of carboxylic acids is 2. The van der Waals surface area contributed by atoms with E-state index in [2.05, 4.69) is 0 Å². The van der Waals surface area contributed by atoms with E-state index in [0.29, 0.717) is 5.56 Å². The van der Waals surface area contributed by atoms with Gasteiger partial charge in [0.05, 0.1) is 11.1 Å². The van der Waals surface area contributed by atoms with Crippen molar-refractivity contribution in [3.05, 3.63) is 34.4 Å². The first-order valence-electron chi connectivity index (χ1n) is 5.36. The molecule has 1 aromatic rings. The van der Waals surface area contributed by atoms with Crippen LogP contribution in [0.2, 0.25) is 0 Å². The fourth-order valence-corrected chi connectivity index (χ4v) is 1.86. The minimum absolute atomic E-state index is 0.0530. The Hall–Kier alpha value is -1.92. The summed E-state index contributed by atoms with van der Waals surface area (Å²) in [6.07, 6.45) is 0.0719. The van der Waals surface area contributed by atoms with Crippen LogP contribution in [-0.2, 0) is 12.8 Å². The lowest BCUT2D eigenvalue weighted by Gasteiger charge is -2.13. The Balaban J connectivity index is 3.48. The molecule has 0 bridgehead atoms. The summed E-state index contributed by atoms with van der Waals surface area (Å²) >= 11 is 0. The van der Waals surface area contributed by atoms with Gasteiger partial charge in [-0.3, -0.25) is 0 Å². The number of carboxylic acid groups (broad SMARTS) is 2. The molecule has 0 fully saturated rings. The zero-order valence-corrected chi connectivity index (χ0v) is 9.59. The largest absolute Gasteiger partial charge is 0.478 e. The first-order chi connectivity index (χ1) is 8.52. The normalized spacial score (nSPS) is 10.3. The van der Waals surface area contributed by atoms with E-state index in [9.17, 15) is 9.59 Å². The predicted molar refractivity (Wildman–Crippen MR) is 61.9 cm³/mol. The van der Waals surface area contributed by atoms with Crippen LogP contribution in [0.3, 0.4) is 0 Å². The number of aromatic carboxylic acids is 2. The molecule has 0 amide bonds. The molecular formula is C12H14O6. The molecule has 1 rings (SSSR count). The van der Waals surface area contributed by atoms with Crippen LogP contribution >= 0.6 is 0 Å². The third-order valence-corrected chi connectivity index (χ3v) is 2.59. The maximum atomic E-state index is 11.2. The van der Waals surface area contributed by atoms with Crippen molar-refractivity contribution in [2.24, 2.45) is 0 Å². The van der Waals surface area contributed by atoms with Gasteiger partial charge in [0.25, 0.3) is 0 Å². The zero-order chi connectivity index (χ0) is 13.7. The smallest absolute Gasteiger partial charge is 0.336 e. The maximum absolute atomic E-state index is 11.2. The highest BCUT2D eigenvalue weighted by molar-refractivity contribution is 5.97. The van der Waals surface area contributed by atoms with Gasteiger partial charge in [-0.1, -0.05) is 6.07 Å². The van der Waals surface area contributed by atoms with E-state index >= 15 is 0 Å². The predicted octanol–water partition coefficient (Wildman–Crippen LogP) is 0.153. The summed E-state index contributed by atoms with van der Waals surface area (Å²) < 4.78 is 0. The first kappa shape index (κ1) is 14.1.